The minimum Gasteiger partial charge on any atom is -0.489 e. The van der Waals surface area contributed by atoms with Gasteiger partial charge in [-0.2, -0.15) is 0 Å². The van der Waals surface area contributed by atoms with Crippen LogP contribution in [0.25, 0.3) is 16.8 Å². The van der Waals surface area contributed by atoms with Crippen molar-refractivity contribution in [2.45, 2.75) is 57.8 Å². The number of nitrogens with two attached hydrogens (primary N) is 1. The third-order valence-corrected chi connectivity index (χ3v) is 6.28. The third-order valence-electron chi connectivity index (χ3n) is 6.28. The van der Waals surface area contributed by atoms with E-state index in [1.807, 2.05) is 86.0 Å². The molecular weight excluding hydrogens is 468 g/mol. The largest absolute Gasteiger partial charge is 0.489 e. The number of nitrogens with zero attached hydrogens (tertiary/aromatic N) is 3. The van der Waals surface area contributed by atoms with Crippen LogP contribution in [0, 0.1) is 0 Å². The molecule has 37 heavy (non-hydrogen) atoms. The lowest BCUT2D eigenvalue weighted by molar-refractivity contribution is -0.164. The molecule has 0 unspecified atom stereocenters. The molecule has 0 amide bonds. The fraction of sp³-hybridized carbons (Fsp3) is 0.345. The first-order chi connectivity index (χ1) is 17.8. The first-order valence-corrected chi connectivity index (χ1v) is 12.5. The quantitative estimate of drug-likeness (QED) is 0.333. The van der Waals surface area contributed by atoms with E-state index in [4.69, 9.17) is 24.9 Å². The molecule has 2 aromatic carbocycles. The van der Waals surface area contributed by atoms with E-state index in [9.17, 15) is 4.79 Å². The smallest absolute Gasteiger partial charge is 0.332 e. The van der Waals surface area contributed by atoms with Crippen LogP contribution in [0.1, 0.15) is 50.9 Å². The van der Waals surface area contributed by atoms with E-state index in [-0.39, 0.29) is 24.6 Å². The van der Waals surface area contributed by atoms with Crippen LogP contribution in [0.2, 0.25) is 0 Å². The summed E-state index contributed by atoms with van der Waals surface area (Å²) >= 11 is 0. The number of carbonyl (C=O) groups excluding carboxylic acids is 1. The number of esters is 1. The van der Waals surface area contributed by atoms with Gasteiger partial charge in [0.1, 0.15) is 47.4 Å². The number of aromatic nitrogens is 3. The molecule has 4 aromatic rings. The number of hydrogen-bond donors (Lipinski definition) is 1. The van der Waals surface area contributed by atoms with Crippen molar-refractivity contribution in [1.29, 1.82) is 0 Å². The number of hydrogen-bond acceptors (Lipinski definition) is 7. The molecule has 2 heterocycles. The summed E-state index contributed by atoms with van der Waals surface area (Å²) in [5.41, 5.74) is 9.35. The van der Waals surface area contributed by atoms with Gasteiger partial charge in [-0.25, -0.2) is 14.8 Å². The predicted octanol–water partition coefficient (Wildman–Crippen LogP) is 5.16. The highest BCUT2D eigenvalue weighted by molar-refractivity contribution is 5.85. The number of nitrogen functional groups attached to an aromatic ring is 1. The molecule has 1 aliphatic rings. The number of fused-ring (bicyclic) bond motifs is 1. The highest BCUT2D eigenvalue weighted by atomic mass is 16.6. The third kappa shape index (κ3) is 5.75. The maximum absolute atomic E-state index is 12.0. The monoisotopic (exact) mass is 500 g/mol. The minimum absolute atomic E-state index is 0.0118. The van der Waals surface area contributed by atoms with Crippen molar-refractivity contribution >= 4 is 17.3 Å². The fourth-order valence-corrected chi connectivity index (χ4v) is 4.52. The second-order valence-corrected chi connectivity index (χ2v) is 10.3. The lowest BCUT2D eigenvalue weighted by atomic mass is 9.81. The molecule has 0 aliphatic heterocycles. The van der Waals surface area contributed by atoms with Gasteiger partial charge in [0.2, 0.25) is 0 Å². The van der Waals surface area contributed by atoms with E-state index in [0.29, 0.717) is 12.4 Å². The zero-order valence-corrected chi connectivity index (χ0v) is 21.4. The maximum Gasteiger partial charge on any atom is 0.332 e. The molecule has 0 spiro atoms. The van der Waals surface area contributed by atoms with Crippen molar-refractivity contribution in [3.8, 4) is 17.0 Å². The van der Waals surface area contributed by atoms with E-state index in [1.54, 1.807) is 6.20 Å². The predicted molar refractivity (Wildman–Crippen MR) is 141 cm³/mol. The van der Waals surface area contributed by atoms with Gasteiger partial charge in [0, 0.05) is 23.9 Å². The van der Waals surface area contributed by atoms with Crippen molar-refractivity contribution in [3.63, 3.8) is 0 Å². The van der Waals surface area contributed by atoms with Crippen LogP contribution in [0.4, 0.5) is 5.82 Å². The van der Waals surface area contributed by atoms with Crippen LogP contribution < -0.4 is 10.5 Å². The van der Waals surface area contributed by atoms with E-state index in [2.05, 4.69) is 4.98 Å². The number of benzene rings is 2. The highest BCUT2D eigenvalue weighted by Crippen LogP contribution is 2.41. The maximum atomic E-state index is 12.0. The summed E-state index contributed by atoms with van der Waals surface area (Å²) in [5, 5.41) is 0. The molecule has 192 valence electrons. The molecule has 8 heteroatoms. The molecule has 0 radical (unpaired) electrons. The SMILES string of the molecule is CC(C)(C)OC(=O)COC1CC(c2nc(-c3cccc(OCc4ccccc4)c3)c3c(N)nccn23)C1. The van der Waals surface area contributed by atoms with Gasteiger partial charge in [-0.3, -0.25) is 4.40 Å². The van der Waals surface area contributed by atoms with Gasteiger partial charge < -0.3 is 19.9 Å². The number of carbonyl (C=O) groups is 1. The summed E-state index contributed by atoms with van der Waals surface area (Å²) in [7, 11) is 0. The summed E-state index contributed by atoms with van der Waals surface area (Å²) < 4.78 is 19.2. The van der Waals surface area contributed by atoms with Crippen molar-refractivity contribution in [3.05, 3.63) is 78.4 Å². The average molecular weight is 501 g/mol. The van der Waals surface area contributed by atoms with Crippen molar-refractivity contribution in [1.82, 2.24) is 14.4 Å². The molecule has 0 saturated heterocycles. The average Bonchev–Trinajstić information content (AvgIpc) is 3.22. The Bertz CT molecular complexity index is 1390. The molecule has 5 rings (SSSR count). The lowest BCUT2D eigenvalue weighted by Crippen LogP contribution is -2.34. The van der Waals surface area contributed by atoms with E-state index >= 15 is 0 Å². The Morgan fingerprint density at radius 1 is 1.11 bits per heavy atom. The van der Waals surface area contributed by atoms with E-state index in [0.717, 1.165) is 46.8 Å². The Kier molecular flexibility index (Phi) is 6.84. The lowest BCUT2D eigenvalue weighted by Gasteiger charge is -2.34. The van der Waals surface area contributed by atoms with Gasteiger partial charge in [0.05, 0.1) is 6.10 Å². The number of imidazole rings is 1. The van der Waals surface area contributed by atoms with Crippen LogP contribution in [-0.4, -0.2) is 38.6 Å². The van der Waals surface area contributed by atoms with Crippen LogP contribution >= 0.6 is 0 Å². The van der Waals surface area contributed by atoms with E-state index in [1.165, 1.54) is 0 Å². The zero-order valence-electron chi connectivity index (χ0n) is 21.4. The fourth-order valence-electron chi connectivity index (χ4n) is 4.52. The van der Waals surface area contributed by atoms with Crippen molar-refractivity contribution < 1.29 is 19.0 Å². The molecule has 0 bridgehead atoms. The first kappa shape index (κ1) is 24.8. The Morgan fingerprint density at radius 2 is 1.89 bits per heavy atom. The van der Waals surface area contributed by atoms with Crippen LogP contribution in [0.5, 0.6) is 5.75 Å². The summed E-state index contributed by atoms with van der Waals surface area (Å²) in [5.74, 6) is 1.92. The number of anilines is 1. The Morgan fingerprint density at radius 3 is 2.65 bits per heavy atom. The minimum atomic E-state index is -0.522. The molecule has 2 aromatic heterocycles. The Labute approximate surface area is 216 Å². The molecule has 0 atom stereocenters. The second-order valence-electron chi connectivity index (χ2n) is 10.3. The first-order valence-electron chi connectivity index (χ1n) is 12.5. The van der Waals surface area contributed by atoms with Crippen molar-refractivity contribution in [2.24, 2.45) is 0 Å². The summed E-state index contributed by atoms with van der Waals surface area (Å²) in [4.78, 5) is 21.3. The Balaban J connectivity index is 1.32. The summed E-state index contributed by atoms with van der Waals surface area (Å²) in [6, 6.07) is 17.9. The topological polar surface area (TPSA) is 101 Å². The normalized spacial score (nSPS) is 17.4. The summed E-state index contributed by atoms with van der Waals surface area (Å²) in [6.45, 7) is 5.97. The zero-order chi connectivity index (χ0) is 26.0. The molecule has 1 fully saturated rings. The van der Waals surface area contributed by atoms with E-state index < -0.39 is 5.60 Å². The van der Waals surface area contributed by atoms with Gasteiger partial charge in [0.15, 0.2) is 0 Å². The number of rotatable bonds is 8. The molecule has 2 N–H and O–H groups in total. The molecule has 1 aliphatic carbocycles. The number of ether oxygens (including phenoxy) is 3. The van der Waals surface area contributed by atoms with Gasteiger partial charge in [0.25, 0.3) is 0 Å². The molecule has 1 saturated carbocycles. The van der Waals surface area contributed by atoms with Gasteiger partial charge in [-0.15, -0.1) is 0 Å². The van der Waals surface area contributed by atoms with Crippen molar-refractivity contribution in [2.75, 3.05) is 12.3 Å². The van der Waals surface area contributed by atoms with Gasteiger partial charge in [-0.05, 0) is 51.3 Å². The molecule has 8 nitrogen and oxygen atoms in total. The van der Waals surface area contributed by atoms with Gasteiger partial charge >= 0.3 is 5.97 Å². The standard InChI is InChI=1S/C29H32N4O4/c1-29(2,3)37-24(34)18-36-23-15-21(16-23)28-32-25(26-27(30)31-12-13-33(26)28)20-10-7-11-22(14-20)35-17-19-8-5-4-6-9-19/h4-14,21,23H,15-18H2,1-3H3,(H2,30,31). The molecular formula is C29H32N4O4. The summed E-state index contributed by atoms with van der Waals surface area (Å²) in [6.07, 6.45) is 5.10. The Hall–Kier alpha value is -3.91. The highest BCUT2D eigenvalue weighted by Gasteiger charge is 2.35. The van der Waals surface area contributed by atoms with Gasteiger partial charge in [-0.1, -0.05) is 42.5 Å². The van der Waals surface area contributed by atoms with Crippen LogP contribution in [0.15, 0.2) is 67.0 Å². The van der Waals surface area contributed by atoms with Crippen LogP contribution in [0.3, 0.4) is 0 Å². The second kappa shape index (κ2) is 10.2. The van der Waals surface area contributed by atoms with Crippen LogP contribution in [-0.2, 0) is 20.9 Å².